The Morgan fingerprint density at radius 1 is 0.905 bits per heavy atom. The van der Waals surface area contributed by atoms with Crippen molar-refractivity contribution in [1.82, 2.24) is 0 Å². The number of phenolic OH excluding ortho intramolecular Hbond substituents is 1. The van der Waals surface area contributed by atoms with E-state index in [4.69, 9.17) is 25.5 Å². The number of rotatable bonds is 2. The first-order valence-electron chi connectivity index (χ1n) is 5.97. The fourth-order valence-corrected chi connectivity index (χ4v) is 1.55. The molecule has 110 valence electrons. The van der Waals surface area contributed by atoms with E-state index in [0.29, 0.717) is 5.69 Å². The van der Waals surface area contributed by atoms with Crippen molar-refractivity contribution < 1.29 is 24.9 Å². The van der Waals surface area contributed by atoms with Crippen molar-refractivity contribution in [1.29, 1.82) is 0 Å². The number of nitrogens with two attached hydrogens (primary N) is 1. The summed E-state index contributed by atoms with van der Waals surface area (Å²) in [6, 6.07) is 15.5. The standard InChI is InChI=1S/C13H13NO.C2H2O4/c14-12-9-11(6-7-13(12)15)8-10-4-2-1-3-5-10;3-1(4)2(5)6/h1-7,9,15H,8,14H2;(H,3,4)(H,5,6). The van der Waals surface area contributed by atoms with Gasteiger partial charge in [0.1, 0.15) is 5.75 Å². The first kappa shape index (κ1) is 16.0. The molecule has 2 aromatic carbocycles. The zero-order chi connectivity index (χ0) is 15.8. The lowest BCUT2D eigenvalue weighted by molar-refractivity contribution is -0.159. The Bertz CT molecular complexity index is 613. The molecule has 0 aliphatic carbocycles. The van der Waals surface area contributed by atoms with Crippen molar-refractivity contribution in [3.8, 4) is 5.75 Å². The lowest BCUT2D eigenvalue weighted by Crippen LogP contribution is -2.09. The highest BCUT2D eigenvalue weighted by atomic mass is 16.4. The zero-order valence-corrected chi connectivity index (χ0v) is 11.1. The largest absolute Gasteiger partial charge is 0.506 e. The number of anilines is 1. The third kappa shape index (κ3) is 5.65. The van der Waals surface area contributed by atoms with E-state index in [0.717, 1.165) is 12.0 Å². The highest BCUT2D eigenvalue weighted by Gasteiger charge is 2.04. The fourth-order valence-electron chi connectivity index (χ4n) is 1.55. The summed E-state index contributed by atoms with van der Waals surface area (Å²) in [7, 11) is 0. The first-order chi connectivity index (χ1) is 9.90. The van der Waals surface area contributed by atoms with Crippen molar-refractivity contribution in [2.75, 3.05) is 5.73 Å². The Kier molecular flexibility index (Phi) is 5.76. The van der Waals surface area contributed by atoms with Gasteiger partial charge in [0.05, 0.1) is 5.69 Å². The molecule has 0 saturated carbocycles. The Morgan fingerprint density at radius 3 is 1.95 bits per heavy atom. The van der Waals surface area contributed by atoms with Crippen molar-refractivity contribution in [2.24, 2.45) is 0 Å². The van der Waals surface area contributed by atoms with E-state index in [9.17, 15) is 5.11 Å². The second kappa shape index (κ2) is 7.54. The van der Waals surface area contributed by atoms with E-state index < -0.39 is 11.9 Å². The molecule has 6 heteroatoms. The molecule has 0 aromatic heterocycles. The number of benzene rings is 2. The Labute approximate surface area is 121 Å². The minimum atomic E-state index is -1.82. The van der Waals surface area contributed by atoms with E-state index >= 15 is 0 Å². The van der Waals surface area contributed by atoms with Gasteiger partial charge in [0.2, 0.25) is 0 Å². The van der Waals surface area contributed by atoms with Gasteiger partial charge in [-0.3, -0.25) is 0 Å². The summed E-state index contributed by atoms with van der Waals surface area (Å²) >= 11 is 0. The zero-order valence-electron chi connectivity index (χ0n) is 11.1. The van der Waals surface area contributed by atoms with Crippen LogP contribution >= 0.6 is 0 Å². The van der Waals surface area contributed by atoms with Crippen molar-refractivity contribution in [2.45, 2.75) is 6.42 Å². The van der Waals surface area contributed by atoms with Gasteiger partial charge >= 0.3 is 11.9 Å². The van der Waals surface area contributed by atoms with E-state index in [1.165, 1.54) is 5.56 Å². The van der Waals surface area contributed by atoms with Gasteiger partial charge in [0, 0.05) is 0 Å². The van der Waals surface area contributed by atoms with Crippen LogP contribution in [0.25, 0.3) is 0 Å². The second-order valence-electron chi connectivity index (χ2n) is 4.17. The second-order valence-corrected chi connectivity index (χ2v) is 4.17. The molecule has 0 spiro atoms. The molecule has 21 heavy (non-hydrogen) atoms. The minimum Gasteiger partial charge on any atom is -0.506 e. The molecule has 0 saturated heterocycles. The van der Waals surface area contributed by atoms with Gasteiger partial charge in [-0.25, -0.2) is 9.59 Å². The lowest BCUT2D eigenvalue weighted by atomic mass is 10.0. The molecular formula is C15H15NO5. The number of aromatic hydroxyl groups is 1. The number of hydrogen-bond acceptors (Lipinski definition) is 4. The normalized spacial score (nSPS) is 9.33. The van der Waals surface area contributed by atoms with Gasteiger partial charge in [0.25, 0.3) is 0 Å². The molecular weight excluding hydrogens is 274 g/mol. The number of carboxylic acids is 2. The summed E-state index contributed by atoms with van der Waals surface area (Å²) in [4.78, 5) is 18.2. The molecule has 0 radical (unpaired) electrons. The Morgan fingerprint density at radius 2 is 1.48 bits per heavy atom. The monoisotopic (exact) mass is 289 g/mol. The number of phenols is 1. The smallest absolute Gasteiger partial charge is 0.414 e. The highest BCUT2D eigenvalue weighted by Crippen LogP contribution is 2.21. The number of hydrogen-bond donors (Lipinski definition) is 4. The maximum Gasteiger partial charge on any atom is 0.414 e. The van der Waals surface area contributed by atoms with Gasteiger partial charge < -0.3 is 21.1 Å². The van der Waals surface area contributed by atoms with Crippen molar-refractivity contribution in [3.63, 3.8) is 0 Å². The predicted octanol–water partition coefficient (Wildman–Crippen LogP) is 1.72. The third-order valence-corrected chi connectivity index (χ3v) is 2.53. The maximum absolute atomic E-state index is 9.28. The number of carboxylic acid groups (broad SMARTS) is 2. The third-order valence-electron chi connectivity index (χ3n) is 2.53. The summed E-state index contributed by atoms with van der Waals surface area (Å²) in [5.74, 6) is -3.50. The molecule has 0 unspecified atom stereocenters. The molecule has 2 aromatic rings. The summed E-state index contributed by atoms with van der Waals surface area (Å²) in [5.41, 5.74) is 8.40. The van der Waals surface area contributed by atoms with Gasteiger partial charge in [-0.15, -0.1) is 0 Å². The summed E-state index contributed by atoms with van der Waals surface area (Å²) in [6.07, 6.45) is 0.839. The molecule has 0 aliphatic heterocycles. The molecule has 2 rings (SSSR count). The maximum atomic E-state index is 9.28. The Hall–Kier alpha value is -3.02. The molecule has 0 bridgehead atoms. The molecule has 0 fully saturated rings. The van der Waals surface area contributed by atoms with Crippen LogP contribution in [0.2, 0.25) is 0 Å². The fraction of sp³-hybridized carbons (Fsp3) is 0.0667. The molecule has 0 atom stereocenters. The molecule has 0 heterocycles. The van der Waals surface area contributed by atoms with Crippen LogP contribution in [0.1, 0.15) is 11.1 Å². The summed E-state index contributed by atoms with van der Waals surface area (Å²) in [5, 5.41) is 24.1. The van der Waals surface area contributed by atoms with Gasteiger partial charge in [-0.1, -0.05) is 36.4 Å². The van der Waals surface area contributed by atoms with Crippen LogP contribution in [-0.4, -0.2) is 27.3 Å². The average Bonchev–Trinajstić information content (AvgIpc) is 2.45. The topological polar surface area (TPSA) is 121 Å². The van der Waals surface area contributed by atoms with E-state index in [1.807, 2.05) is 30.3 Å². The number of carbonyl (C=O) groups is 2. The van der Waals surface area contributed by atoms with Crippen LogP contribution in [0.15, 0.2) is 48.5 Å². The van der Waals surface area contributed by atoms with Crippen LogP contribution < -0.4 is 5.73 Å². The SMILES string of the molecule is Nc1cc(Cc2ccccc2)ccc1O.O=C(O)C(=O)O. The van der Waals surface area contributed by atoms with Crippen LogP contribution in [0.5, 0.6) is 5.75 Å². The number of aliphatic carboxylic acids is 2. The number of nitrogen functional groups attached to an aromatic ring is 1. The van der Waals surface area contributed by atoms with Crippen LogP contribution in [-0.2, 0) is 16.0 Å². The Balaban J connectivity index is 0.000000315. The van der Waals surface area contributed by atoms with Crippen molar-refractivity contribution >= 4 is 17.6 Å². The molecule has 0 aliphatic rings. The van der Waals surface area contributed by atoms with E-state index in [2.05, 4.69) is 12.1 Å². The van der Waals surface area contributed by atoms with Crippen LogP contribution in [0, 0.1) is 0 Å². The van der Waals surface area contributed by atoms with Gasteiger partial charge in [-0.2, -0.15) is 0 Å². The molecule has 6 nitrogen and oxygen atoms in total. The average molecular weight is 289 g/mol. The highest BCUT2D eigenvalue weighted by molar-refractivity contribution is 6.27. The van der Waals surface area contributed by atoms with Gasteiger partial charge in [-0.05, 0) is 29.7 Å². The van der Waals surface area contributed by atoms with Crippen LogP contribution in [0.3, 0.4) is 0 Å². The molecule has 5 N–H and O–H groups in total. The molecule has 0 amide bonds. The summed E-state index contributed by atoms with van der Waals surface area (Å²) in [6.45, 7) is 0. The summed E-state index contributed by atoms with van der Waals surface area (Å²) < 4.78 is 0. The lowest BCUT2D eigenvalue weighted by Gasteiger charge is -2.04. The quantitative estimate of drug-likeness (QED) is 0.379. The van der Waals surface area contributed by atoms with E-state index in [-0.39, 0.29) is 5.75 Å². The first-order valence-corrected chi connectivity index (χ1v) is 5.97. The van der Waals surface area contributed by atoms with Crippen molar-refractivity contribution in [3.05, 3.63) is 59.7 Å². The van der Waals surface area contributed by atoms with E-state index in [1.54, 1.807) is 6.07 Å². The predicted molar refractivity (Wildman–Crippen MR) is 77.0 cm³/mol. The minimum absolute atomic E-state index is 0.145. The van der Waals surface area contributed by atoms with Crippen LogP contribution in [0.4, 0.5) is 5.69 Å². The van der Waals surface area contributed by atoms with Gasteiger partial charge in [0.15, 0.2) is 0 Å².